The van der Waals surface area contributed by atoms with Crippen LogP contribution in [0.2, 0.25) is 0 Å². The second kappa shape index (κ2) is 6.80. The molecule has 2 aromatic heterocycles. The quantitative estimate of drug-likeness (QED) is 0.540. The zero-order valence-corrected chi connectivity index (χ0v) is 14.5. The minimum absolute atomic E-state index is 0.125. The van der Waals surface area contributed by atoms with Crippen molar-refractivity contribution in [1.82, 2.24) is 14.4 Å². The molecule has 0 spiro atoms. The molecule has 0 saturated heterocycles. The molecule has 0 saturated carbocycles. The van der Waals surface area contributed by atoms with Gasteiger partial charge in [0.15, 0.2) is 5.65 Å². The van der Waals surface area contributed by atoms with E-state index in [1.54, 1.807) is 55.0 Å². The molecule has 0 aliphatic carbocycles. The third-order valence-electron chi connectivity index (χ3n) is 4.14. The molecular formula is C20H16N4O3. The zero-order valence-electron chi connectivity index (χ0n) is 14.5. The number of hydrogen-bond acceptors (Lipinski definition) is 6. The van der Waals surface area contributed by atoms with Gasteiger partial charge in [0, 0.05) is 23.6 Å². The minimum atomic E-state index is -0.415. The lowest BCUT2D eigenvalue weighted by molar-refractivity contribution is 0.0601. The lowest BCUT2D eigenvalue weighted by Gasteiger charge is -2.10. The summed E-state index contributed by atoms with van der Waals surface area (Å²) < 4.78 is 6.61. The molecule has 2 aromatic carbocycles. The van der Waals surface area contributed by atoms with Crippen LogP contribution >= 0.6 is 0 Å². The fourth-order valence-electron chi connectivity index (χ4n) is 2.87. The lowest BCUT2D eigenvalue weighted by atomic mass is 10.1. The summed E-state index contributed by atoms with van der Waals surface area (Å²) in [5, 5.41) is 13.6. The van der Waals surface area contributed by atoms with Crippen LogP contribution in [-0.4, -0.2) is 32.6 Å². The molecule has 0 aliphatic heterocycles. The van der Waals surface area contributed by atoms with E-state index in [2.05, 4.69) is 15.3 Å². The Hall–Kier alpha value is -3.87. The smallest absolute Gasteiger partial charge is 0.337 e. The number of anilines is 2. The number of hydrogen-bond donors (Lipinski definition) is 2. The molecule has 0 atom stereocenters. The first-order chi connectivity index (χ1) is 13.2. The summed E-state index contributed by atoms with van der Waals surface area (Å²) in [5.41, 5.74) is 2.91. The van der Waals surface area contributed by atoms with Crippen LogP contribution in [0, 0.1) is 0 Å². The zero-order chi connectivity index (χ0) is 18.8. The predicted molar refractivity (Wildman–Crippen MR) is 101 cm³/mol. The average Bonchev–Trinajstić information content (AvgIpc) is 3.06. The summed E-state index contributed by atoms with van der Waals surface area (Å²) in [4.78, 5) is 20.5. The van der Waals surface area contributed by atoms with Gasteiger partial charge in [-0.3, -0.25) is 9.38 Å². The van der Waals surface area contributed by atoms with Crippen molar-refractivity contribution in [3.63, 3.8) is 0 Å². The van der Waals surface area contributed by atoms with Crippen LogP contribution in [0.4, 0.5) is 11.5 Å². The molecule has 0 bridgehead atoms. The predicted octanol–water partition coefficient (Wildman–Crippen LogP) is 3.63. The lowest BCUT2D eigenvalue weighted by Crippen LogP contribution is -2.03. The van der Waals surface area contributed by atoms with Crippen molar-refractivity contribution in [2.45, 2.75) is 0 Å². The maximum absolute atomic E-state index is 11.8. The highest BCUT2D eigenvalue weighted by Gasteiger charge is 2.17. The number of nitrogens with zero attached hydrogens (tertiary/aromatic N) is 3. The van der Waals surface area contributed by atoms with E-state index in [1.807, 2.05) is 16.5 Å². The number of phenols is 1. The van der Waals surface area contributed by atoms with E-state index in [0.29, 0.717) is 34.0 Å². The van der Waals surface area contributed by atoms with Gasteiger partial charge < -0.3 is 15.2 Å². The topological polar surface area (TPSA) is 88.8 Å². The number of fused-ring (bicyclic) bond motifs is 1. The molecule has 7 heteroatoms. The van der Waals surface area contributed by atoms with Crippen molar-refractivity contribution >= 4 is 23.1 Å². The van der Waals surface area contributed by atoms with E-state index in [4.69, 9.17) is 4.74 Å². The summed E-state index contributed by atoms with van der Waals surface area (Å²) in [7, 11) is 1.34. The fourth-order valence-corrected chi connectivity index (χ4v) is 2.87. The summed E-state index contributed by atoms with van der Waals surface area (Å²) in [6, 6.07) is 14.0. The summed E-state index contributed by atoms with van der Waals surface area (Å²) in [5.74, 6) is 0.359. The Morgan fingerprint density at radius 2 is 2.04 bits per heavy atom. The third kappa shape index (κ3) is 3.06. The van der Waals surface area contributed by atoms with Gasteiger partial charge in [0.25, 0.3) is 0 Å². The SMILES string of the molecule is COC(=O)c1cccc(Nc2c(-c3ccccc3O)nc3cnccn23)c1. The van der Waals surface area contributed by atoms with E-state index in [9.17, 15) is 9.90 Å². The number of carbonyl (C=O) groups is 1. The third-order valence-corrected chi connectivity index (χ3v) is 4.14. The molecule has 7 nitrogen and oxygen atoms in total. The van der Waals surface area contributed by atoms with Crippen LogP contribution in [0.25, 0.3) is 16.9 Å². The second-order valence-corrected chi connectivity index (χ2v) is 5.83. The Kier molecular flexibility index (Phi) is 4.18. The first-order valence-electron chi connectivity index (χ1n) is 8.23. The normalized spacial score (nSPS) is 10.7. The van der Waals surface area contributed by atoms with Gasteiger partial charge in [-0.05, 0) is 30.3 Å². The molecule has 4 aromatic rings. The molecule has 0 aliphatic rings. The largest absolute Gasteiger partial charge is 0.507 e. The number of ether oxygens (including phenoxy) is 1. The number of aromatic nitrogens is 3. The maximum atomic E-state index is 11.8. The minimum Gasteiger partial charge on any atom is -0.507 e. The van der Waals surface area contributed by atoms with Gasteiger partial charge >= 0.3 is 5.97 Å². The van der Waals surface area contributed by atoms with Crippen LogP contribution in [0.3, 0.4) is 0 Å². The van der Waals surface area contributed by atoms with Crippen LogP contribution < -0.4 is 5.32 Å². The Morgan fingerprint density at radius 3 is 2.85 bits per heavy atom. The van der Waals surface area contributed by atoms with Crippen molar-refractivity contribution in [3.05, 3.63) is 72.7 Å². The molecule has 134 valence electrons. The number of nitrogens with one attached hydrogen (secondary N) is 1. The van der Waals surface area contributed by atoms with Crippen molar-refractivity contribution in [2.75, 3.05) is 12.4 Å². The van der Waals surface area contributed by atoms with Crippen LogP contribution in [0.5, 0.6) is 5.75 Å². The van der Waals surface area contributed by atoms with E-state index in [1.165, 1.54) is 7.11 Å². The average molecular weight is 360 g/mol. The van der Waals surface area contributed by atoms with Crippen LogP contribution in [0.15, 0.2) is 67.1 Å². The van der Waals surface area contributed by atoms with Gasteiger partial charge in [0.05, 0.1) is 18.9 Å². The number of carbonyl (C=O) groups excluding carboxylic acids is 1. The number of imidazole rings is 1. The van der Waals surface area contributed by atoms with Crippen molar-refractivity contribution in [2.24, 2.45) is 0 Å². The number of aromatic hydroxyl groups is 1. The van der Waals surface area contributed by atoms with Gasteiger partial charge in [-0.15, -0.1) is 0 Å². The van der Waals surface area contributed by atoms with Crippen molar-refractivity contribution in [3.8, 4) is 17.0 Å². The van der Waals surface area contributed by atoms with Gasteiger partial charge in [-0.25, -0.2) is 9.78 Å². The molecule has 0 radical (unpaired) electrons. The van der Waals surface area contributed by atoms with Gasteiger partial charge in [-0.2, -0.15) is 0 Å². The molecule has 27 heavy (non-hydrogen) atoms. The highest BCUT2D eigenvalue weighted by Crippen LogP contribution is 2.35. The standard InChI is InChI=1S/C20H16N4O3/c1-27-20(26)13-5-4-6-14(11-13)22-19-18(15-7-2-3-8-16(15)25)23-17-12-21-9-10-24(17)19/h2-12,22,25H,1H3. The fraction of sp³-hybridized carbons (Fsp3) is 0.0500. The molecule has 2 heterocycles. The van der Waals surface area contributed by atoms with Gasteiger partial charge in [0.2, 0.25) is 0 Å². The van der Waals surface area contributed by atoms with Crippen LogP contribution in [0.1, 0.15) is 10.4 Å². The Morgan fingerprint density at radius 1 is 1.19 bits per heavy atom. The molecule has 2 N–H and O–H groups in total. The monoisotopic (exact) mass is 360 g/mol. The molecule has 4 rings (SSSR count). The van der Waals surface area contributed by atoms with Gasteiger partial charge in [-0.1, -0.05) is 18.2 Å². The van der Waals surface area contributed by atoms with E-state index in [0.717, 1.165) is 0 Å². The number of rotatable bonds is 4. The number of phenolic OH excluding ortho intramolecular Hbond substituents is 1. The summed E-state index contributed by atoms with van der Waals surface area (Å²) in [6.07, 6.45) is 5.07. The number of benzene rings is 2. The number of para-hydroxylation sites is 1. The number of methoxy groups -OCH3 is 1. The van der Waals surface area contributed by atoms with E-state index in [-0.39, 0.29) is 5.75 Å². The van der Waals surface area contributed by atoms with E-state index >= 15 is 0 Å². The Balaban J connectivity index is 1.85. The van der Waals surface area contributed by atoms with Crippen LogP contribution in [-0.2, 0) is 4.74 Å². The Labute approximate surface area is 154 Å². The maximum Gasteiger partial charge on any atom is 0.337 e. The summed E-state index contributed by atoms with van der Waals surface area (Å²) >= 11 is 0. The molecular weight excluding hydrogens is 344 g/mol. The van der Waals surface area contributed by atoms with Crippen molar-refractivity contribution in [1.29, 1.82) is 0 Å². The number of esters is 1. The first kappa shape index (κ1) is 16.6. The second-order valence-electron chi connectivity index (χ2n) is 5.83. The van der Waals surface area contributed by atoms with Gasteiger partial charge in [0.1, 0.15) is 17.3 Å². The first-order valence-corrected chi connectivity index (χ1v) is 8.23. The van der Waals surface area contributed by atoms with Crippen molar-refractivity contribution < 1.29 is 14.6 Å². The Bertz CT molecular complexity index is 1140. The highest BCUT2D eigenvalue weighted by atomic mass is 16.5. The molecule has 0 amide bonds. The summed E-state index contributed by atoms with van der Waals surface area (Å²) in [6.45, 7) is 0. The molecule has 0 fully saturated rings. The molecule has 0 unspecified atom stereocenters. The highest BCUT2D eigenvalue weighted by molar-refractivity contribution is 5.91. The van der Waals surface area contributed by atoms with E-state index < -0.39 is 5.97 Å².